The van der Waals surface area contributed by atoms with Gasteiger partial charge in [0.05, 0.1) is 0 Å². The average molecular weight is 1200 g/mol. The predicted molar refractivity (Wildman–Crippen MR) is 369 cm³/mol. The molecule has 8 aromatic rings. The van der Waals surface area contributed by atoms with Gasteiger partial charge in [-0.15, -0.1) is 0 Å². The van der Waals surface area contributed by atoms with E-state index in [4.69, 9.17) is 25.8 Å². The highest BCUT2D eigenvalue weighted by atomic mass is 31.1. The molecule has 0 atom stereocenters. The Balaban J connectivity index is 1.34. The molecule has 86 heavy (non-hydrogen) atoms. The van der Waals surface area contributed by atoms with Crippen molar-refractivity contribution in [3.8, 4) is 22.6 Å². The minimum Gasteiger partial charge on any atom is -0.390 e. The second-order valence-electron chi connectivity index (χ2n) is 34.1. The van der Waals surface area contributed by atoms with Crippen molar-refractivity contribution in [2.75, 3.05) is 0 Å². The van der Waals surface area contributed by atoms with E-state index in [1.165, 1.54) is 44.5 Å². The highest BCUT2D eigenvalue weighted by molar-refractivity contribution is 7.32. The monoisotopic (exact) mass is 1200 g/mol. The summed E-state index contributed by atoms with van der Waals surface area (Å²) < 4.78 is 46.1. The van der Waals surface area contributed by atoms with Crippen LogP contribution in [-0.4, -0.2) is 0 Å². The summed E-state index contributed by atoms with van der Waals surface area (Å²) in [5, 5.41) is 4.21. The zero-order chi connectivity index (χ0) is 63.1. The average Bonchev–Trinajstić information content (AvgIpc) is 1.53. The smallest absolute Gasteiger partial charge is 0.390 e. The first-order valence-corrected chi connectivity index (χ1v) is 34.4. The van der Waals surface area contributed by atoms with E-state index in [1.54, 1.807) is 0 Å². The number of rotatable bonds is 5. The van der Waals surface area contributed by atoms with Gasteiger partial charge in [0.2, 0.25) is 0 Å². The molecule has 0 fully saturated rings. The fourth-order valence-corrected chi connectivity index (χ4v) is 15.4. The van der Waals surface area contributed by atoms with Crippen LogP contribution in [0.3, 0.4) is 0 Å². The van der Waals surface area contributed by atoms with Gasteiger partial charge < -0.3 is 25.8 Å². The van der Waals surface area contributed by atoms with Crippen LogP contribution >= 0.6 is 16.5 Å². The van der Waals surface area contributed by atoms with Gasteiger partial charge in [0.15, 0.2) is 0 Å². The van der Waals surface area contributed by atoms with Crippen LogP contribution in [-0.2, 0) is 69.0 Å². The molecular formula is C78H104O6P2. The molecule has 0 aliphatic heterocycles. The van der Waals surface area contributed by atoms with E-state index >= 15 is 0 Å². The summed E-state index contributed by atoms with van der Waals surface area (Å²) in [7, 11) is -4.26. The Kier molecular flexibility index (Phi) is 16.1. The predicted octanol–water partition coefficient (Wildman–Crippen LogP) is 25.0. The third kappa shape index (κ3) is 12.3. The summed E-state index contributed by atoms with van der Waals surface area (Å²) >= 11 is 0. The maximum absolute atomic E-state index is 7.84. The first kappa shape index (κ1) is 63.7. The van der Waals surface area contributed by atoms with Gasteiger partial charge in [0.1, 0.15) is 33.8 Å². The van der Waals surface area contributed by atoms with Crippen LogP contribution in [0.5, 0.6) is 11.5 Å². The van der Waals surface area contributed by atoms with Gasteiger partial charge in [-0.05, 0) is 188 Å². The van der Waals surface area contributed by atoms with E-state index in [1.807, 2.05) is 0 Å². The van der Waals surface area contributed by atoms with Crippen molar-refractivity contribution < 1.29 is 25.8 Å². The summed E-state index contributed by atoms with van der Waals surface area (Å²) in [6, 6.07) is 23.8. The van der Waals surface area contributed by atoms with Gasteiger partial charge in [-0.25, -0.2) is 0 Å². The molecule has 2 aromatic heterocycles. The van der Waals surface area contributed by atoms with E-state index < -0.39 is 16.5 Å². The van der Waals surface area contributed by atoms with Crippen molar-refractivity contribution in [1.29, 1.82) is 0 Å². The zero-order valence-corrected chi connectivity index (χ0v) is 59.6. The van der Waals surface area contributed by atoms with Crippen molar-refractivity contribution in [2.45, 2.75) is 275 Å². The molecule has 6 nitrogen and oxygen atoms in total. The second-order valence-corrected chi connectivity index (χ2v) is 36.1. The van der Waals surface area contributed by atoms with Gasteiger partial charge in [-0.1, -0.05) is 203 Å². The molecule has 0 amide bonds. The third-order valence-corrected chi connectivity index (χ3v) is 20.4. The highest BCUT2D eigenvalue weighted by Gasteiger charge is 2.35. The van der Waals surface area contributed by atoms with Crippen LogP contribution < -0.4 is 9.05 Å². The van der Waals surface area contributed by atoms with Crippen molar-refractivity contribution in [1.82, 2.24) is 0 Å². The Hall–Kier alpha value is -5.28. The molecule has 0 radical (unpaired) electrons. The topological polar surface area (TPSA) is 71.0 Å². The fourth-order valence-electron chi connectivity index (χ4n) is 13.1. The Morgan fingerprint density at radius 2 is 0.535 bits per heavy atom. The van der Waals surface area contributed by atoms with Crippen LogP contribution in [0.4, 0.5) is 0 Å². The van der Waals surface area contributed by atoms with Gasteiger partial charge in [-0.3, -0.25) is 0 Å². The Labute approximate surface area is 519 Å². The van der Waals surface area contributed by atoms with Gasteiger partial charge in [0, 0.05) is 54.9 Å². The first-order valence-electron chi connectivity index (χ1n) is 32.3. The minimum atomic E-state index is -2.13. The zero-order valence-electron chi connectivity index (χ0n) is 57.8. The third-order valence-electron chi connectivity index (χ3n) is 18.5. The maximum atomic E-state index is 7.84. The lowest BCUT2D eigenvalue weighted by Crippen LogP contribution is -2.17. The van der Waals surface area contributed by atoms with Crippen LogP contribution in [0.15, 0.2) is 77.5 Å². The SMILES string of the molecule is Cc1cc2c(c(-c3c4c(cc(C)c3Op3oc5c(C(C)(C)C)cc(C(C)(C)C)cc5c5cc(C(C)(C)C)cc(C(C)(C)C)c5o3)CCCC4)c1Op1oc3c(C(C)(C)C)cc(C(C)(C)C)cc3c3cc(C(C)(C)C)cc(C(C)(C)C)c3o1)CCCC2. The lowest BCUT2D eigenvalue weighted by molar-refractivity contribution is 0.481. The number of hydrogen-bond donors (Lipinski definition) is 0. The normalized spacial score (nSPS) is 15.0. The Morgan fingerprint density at radius 1 is 0.302 bits per heavy atom. The largest absolute Gasteiger partial charge is 0.453 e. The minimum absolute atomic E-state index is 0.129. The molecule has 2 aliphatic rings. The van der Waals surface area contributed by atoms with Crippen LogP contribution in [0.1, 0.15) is 270 Å². The number of benzene rings is 6. The molecular weight excluding hydrogens is 1090 g/mol. The van der Waals surface area contributed by atoms with Gasteiger partial charge in [0.25, 0.3) is 0 Å². The molecule has 2 aliphatic carbocycles. The maximum Gasteiger partial charge on any atom is 0.453 e. The molecule has 0 bridgehead atoms. The molecule has 6 aromatic carbocycles. The molecule has 0 spiro atoms. The summed E-state index contributed by atoms with van der Waals surface area (Å²) in [4.78, 5) is 0. The van der Waals surface area contributed by atoms with Gasteiger partial charge >= 0.3 is 16.5 Å². The van der Waals surface area contributed by atoms with Gasteiger partial charge in [-0.2, -0.15) is 0 Å². The van der Waals surface area contributed by atoms with E-state index in [-0.39, 0.29) is 43.3 Å². The van der Waals surface area contributed by atoms with E-state index in [2.05, 4.69) is 241 Å². The Bertz CT molecular complexity index is 3630. The molecule has 462 valence electrons. The Morgan fingerprint density at radius 3 is 0.756 bits per heavy atom. The molecule has 0 N–H and O–H groups in total. The van der Waals surface area contributed by atoms with Crippen molar-refractivity contribution in [2.24, 2.45) is 0 Å². The van der Waals surface area contributed by atoms with E-state index in [9.17, 15) is 0 Å². The van der Waals surface area contributed by atoms with Crippen molar-refractivity contribution >= 4 is 60.4 Å². The molecule has 10 rings (SSSR count). The molecule has 8 heteroatoms. The molecule has 0 saturated heterocycles. The van der Waals surface area contributed by atoms with Crippen LogP contribution in [0.2, 0.25) is 0 Å². The molecule has 2 heterocycles. The van der Waals surface area contributed by atoms with Crippen molar-refractivity contribution in [3.05, 3.63) is 139 Å². The number of aryl methyl sites for hydroxylation is 4. The summed E-state index contributed by atoms with van der Waals surface area (Å²) in [6.07, 6.45) is 8.26. The summed E-state index contributed by atoms with van der Waals surface area (Å²) in [6.45, 7) is 59.8. The molecule has 0 saturated carbocycles. The van der Waals surface area contributed by atoms with Crippen LogP contribution in [0, 0.1) is 13.8 Å². The number of fused-ring (bicyclic) bond motifs is 8. The van der Waals surface area contributed by atoms with E-state index in [0.29, 0.717) is 0 Å². The highest BCUT2D eigenvalue weighted by Crippen LogP contribution is 2.56. The number of hydrogen-bond acceptors (Lipinski definition) is 6. The quantitative estimate of drug-likeness (QED) is 0.171. The molecule has 0 unspecified atom stereocenters. The van der Waals surface area contributed by atoms with E-state index in [0.717, 1.165) is 151 Å². The second kappa shape index (κ2) is 21.7. The van der Waals surface area contributed by atoms with Crippen LogP contribution in [0.25, 0.3) is 55.0 Å². The van der Waals surface area contributed by atoms with Crippen molar-refractivity contribution in [3.63, 3.8) is 0 Å². The summed E-state index contributed by atoms with van der Waals surface area (Å²) in [5.74, 6) is 1.58. The fraction of sp³-hybridized carbons (Fsp3) is 0.538. The first-order chi connectivity index (χ1) is 39.5. The lowest BCUT2D eigenvalue weighted by atomic mass is 9.77. The lowest BCUT2D eigenvalue weighted by Gasteiger charge is -2.29. The standard InChI is InChI=1S/C78H104O6P2/c1-45-35-47-31-27-29-33-53(47)63(65(45)79-85-81-67-55(37-49(71(3,4)5)41-59(67)75(15,16)17)56-38-50(72(6,7)8)42-60(68(56)82-85)76(18,19)20)64-54-34-30-28-32-48(54)36-46(2)66(64)80-86-83-69-57(39-51(73(9,10)11)43-61(69)77(21,22)23)58-40-52(74(12,13)14)44-62(70(58)84-86)78(24,25)26/h35-44H,27-34H2,1-26H3. The summed E-state index contributed by atoms with van der Waals surface area (Å²) in [5.41, 5.74) is 21.0.